The number of ether oxygens (including phenoxy) is 1. The Kier molecular flexibility index (Phi) is 4.74. The summed E-state index contributed by atoms with van der Waals surface area (Å²) in [5.41, 5.74) is -1.37. The molecule has 1 unspecified atom stereocenters. The maximum atomic E-state index is 13.1. The highest BCUT2D eigenvalue weighted by atomic mass is 19.4. The minimum absolute atomic E-state index is 0.00553. The maximum Gasteiger partial charge on any atom is 0.419 e. The molecule has 0 aliphatic rings. The molecule has 1 aromatic carbocycles. The first-order valence-corrected chi connectivity index (χ1v) is 5.50. The van der Waals surface area contributed by atoms with Crippen LogP contribution in [-0.2, 0) is 15.7 Å². The lowest BCUT2D eigenvalue weighted by Gasteiger charge is -2.17. The van der Waals surface area contributed by atoms with Gasteiger partial charge in [-0.15, -0.1) is 0 Å². The molecular weight excluding hydrogens is 266 g/mol. The number of nitrogens with one attached hydrogen (secondary N) is 1. The van der Waals surface area contributed by atoms with Gasteiger partial charge in [0.25, 0.3) is 0 Å². The highest BCUT2D eigenvalue weighted by molar-refractivity contribution is 5.79. The molecule has 1 N–H and O–H groups in total. The average molecular weight is 279 g/mol. The fourth-order valence-corrected chi connectivity index (χ4v) is 1.50. The van der Waals surface area contributed by atoms with Crippen LogP contribution < -0.4 is 5.32 Å². The predicted molar refractivity (Wildman–Crippen MR) is 61.1 cm³/mol. The molecule has 1 aromatic rings. The van der Waals surface area contributed by atoms with Gasteiger partial charge in [0.15, 0.2) is 0 Å². The summed E-state index contributed by atoms with van der Waals surface area (Å²) in [5, 5.41) is 2.58. The van der Waals surface area contributed by atoms with E-state index in [1.54, 1.807) is 6.92 Å². The summed E-state index contributed by atoms with van der Waals surface area (Å²) in [6.45, 7) is 1.67. The van der Waals surface area contributed by atoms with Gasteiger partial charge in [-0.3, -0.25) is 0 Å². The number of carbonyl (C=O) groups excluding carboxylic acids is 1. The van der Waals surface area contributed by atoms with Crippen molar-refractivity contribution in [3.8, 4) is 0 Å². The summed E-state index contributed by atoms with van der Waals surface area (Å²) in [6, 6.07) is 1.68. The van der Waals surface area contributed by atoms with E-state index in [4.69, 9.17) is 0 Å². The molecule has 19 heavy (non-hydrogen) atoms. The molecule has 0 aromatic heterocycles. The molecule has 0 fully saturated rings. The van der Waals surface area contributed by atoms with Crippen LogP contribution in [0.25, 0.3) is 0 Å². The van der Waals surface area contributed by atoms with Crippen molar-refractivity contribution in [3.05, 3.63) is 29.6 Å². The van der Waals surface area contributed by atoms with Crippen molar-refractivity contribution >= 4 is 11.7 Å². The van der Waals surface area contributed by atoms with E-state index in [-0.39, 0.29) is 5.69 Å². The first-order valence-electron chi connectivity index (χ1n) is 5.50. The molecule has 106 valence electrons. The maximum absolute atomic E-state index is 13.1. The van der Waals surface area contributed by atoms with Crippen molar-refractivity contribution in [1.82, 2.24) is 0 Å². The van der Waals surface area contributed by atoms with E-state index in [2.05, 4.69) is 10.1 Å². The Morgan fingerprint density at radius 1 is 1.42 bits per heavy atom. The molecule has 0 bridgehead atoms. The number of hydrogen-bond donors (Lipinski definition) is 1. The van der Waals surface area contributed by atoms with E-state index in [9.17, 15) is 22.4 Å². The number of esters is 1. The van der Waals surface area contributed by atoms with E-state index < -0.39 is 29.6 Å². The number of benzene rings is 1. The first-order chi connectivity index (χ1) is 8.79. The highest BCUT2D eigenvalue weighted by Crippen LogP contribution is 2.33. The number of halogens is 4. The van der Waals surface area contributed by atoms with Crippen LogP contribution >= 0.6 is 0 Å². The molecule has 0 aliphatic carbocycles. The third kappa shape index (κ3) is 3.84. The number of carbonyl (C=O) groups is 1. The topological polar surface area (TPSA) is 38.3 Å². The van der Waals surface area contributed by atoms with Gasteiger partial charge in [0.05, 0.1) is 12.7 Å². The van der Waals surface area contributed by atoms with Crippen LogP contribution in [0.3, 0.4) is 0 Å². The average Bonchev–Trinajstić information content (AvgIpc) is 2.35. The molecule has 7 heteroatoms. The van der Waals surface area contributed by atoms with E-state index >= 15 is 0 Å². The van der Waals surface area contributed by atoms with Crippen LogP contribution in [0.15, 0.2) is 18.2 Å². The van der Waals surface area contributed by atoms with E-state index in [0.717, 1.165) is 6.07 Å². The smallest absolute Gasteiger partial charge is 0.419 e. The van der Waals surface area contributed by atoms with Crippen LogP contribution in [0.4, 0.5) is 23.2 Å². The van der Waals surface area contributed by atoms with Gasteiger partial charge in [-0.2, -0.15) is 13.2 Å². The van der Waals surface area contributed by atoms with Gasteiger partial charge >= 0.3 is 12.1 Å². The fraction of sp³-hybridized carbons (Fsp3) is 0.417. The van der Waals surface area contributed by atoms with Crippen molar-refractivity contribution in [2.75, 3.05) is 12.4 Å². The third-order valence-electron chi connectivity index (χ3n) is 2.51. The molecule has 0 saturated carbocycles. The zero-order valence-corrected chi connectivity index (χ0v) is 10.3. The van der Waals surface area contributed by atoms with Crippen LogP contribution in [0.1, 0.15) is 18.9 Å². The number of alkyl halides is 3. The van der Waals surface area contributed by atoms with Crippen molar-refractivity contribution in [1.29, 1.82) is 0 Å². The van der Waals surface area contributed by atoms with Crippen LogP contribution in [0.2, 0.25) is 0 Å². The summed E-state index contributed by atoms with van der Waals surface area (Å²) in [5.74, 6) is -1.95. The number of anilines is 1. The number of rotatable bonds is 4. The molecule has 0 spiro atoms. The summed E-state index contributed by atoms with van der Waals surface area (Å²) < 4.78 is 55.1. The monoisotopic (exact) mass is 279 g/mol. The minimum Gasteiger partial charge on any atom is -0.467 e. The van der Waals surface area contributed by atoms with Gasteiger partial charge in [0.2, 0.25) is 0 Å². The second-order valence-corrected chi connectivity index (χ2v) is 3.82. The van der Waals surface area contributed by atoms with E-state index in [1.807, 2.05) is 0 Å². The van der Waals surface area contributed by atoms with Gasteiger partial charge in [0, 0.05) is 5.69 Å². The van der Waals surface area contributed by atoms with Crippen molar-refractivity contribution in [2.24, 2.45) is 0 Å². The van der Waals surface area contributed by atoms with Crippen molar-refractivity contribution in [3.63, 3.8) is 0 Å². The minimum atomic E-state index is -4.78. The summed E-state index contributed by atoms with van der Waals surface area (Å²) >= 11 is 0. The number of methoxy groups -OCH3 is 1. The van der Waals surface area contributed by atoms with E-state index in [1.165, 1.54) is 7.11 Å². The van der Waals surface area contributed by atoms with Crippen LogP contribution in [0, 0.1) is 5.82 Å². The lowest BCUT2D eigenvalue weighted by molar-refractivity contribution is -0.141. The molecule has 0 heterocycles. The lowest BCUT2D eigenvalue weighted by Crippen LogP contribution is -2.30. The third-order valence-corrected chi connectivity index (χ3v) is 2.51. The summed E-state index contributed by atoms with van der Waals surface area (Å²) in [7, 11) is 1.18. The van der Waals surface area contributed by atoms with Crippen LogP contribution in [-0.4, -0.2) is 19.1 Å². The lowest BCUT2D eigenvalue weighted by atomic mass is 10.1. The zero-order chi connectivity index (χ0) is 14.6. The summed E-state index contributed by atoms with van der Waals surface area (Å²) in [6.07, 6.45) is -4.46. The van der Waals surface area contributed by atoms with Gasteiger partial charge in [-0.25, -0.2) is 9.18 Å². The Balaban J connectivity index is 3.00. The Morgan fingerprint density at radius 2 is 2.05 bits per heavy atom. The molecule has 3 nitrogen and oxygen atoms in total. The zero-order valence-electron chi connectivity index (χ0n) is 10.3. The second kappa shape index (κ2) is 5.90. The molecule has 1 atom stereocenters. The normalized spacial score (nSPS) is 12.9. The first kappa shape index (κ1) is 15.3. The SMILES string of the molecule is CCC(Nc1ccc(F)c(C(F)(F)F)c1)C(=O)OC. The molecule has 0 radical (unpaired) electrons. The van der Waals surface area contributed by atoms with Gasteiger partial charge < -0.3 is 10.1 Å². The number of hydrogen-bond acceptors (Lipinski definition) is 3. The second-order valence-electron chi connectivity index (χ2n) is 3.82. The molecular formula is C12H13F4NO2. The predicted octanol–water partition coefficient (Wildman–Crippen LogP) is 3.21. The van der Waals surface area contributed by atoms with Gasteiger partial charge in [-0.05, 0) is 24.6 Å². The Morgan fingerprint density at radius 3 is 2.53 bits per heavy atom. The largest absolute Gasteiger partial charge is 0.467 e. The standard InChI is InChI=1S/C12H13F4NO2/c1-3-10(11(18)19-2)17-7-4-5-9(13)8(6-7)12(14,15)16/h4-6,10,17H,3H2,1-2H3. The quantitative estimate of drug-likeness (QED) is 0.679. The molecule has 0 saturated heterocycles. The highest BCUT2D eigenvalue weighted by Gasteiger charge is 2.34. The van der Waals surface area contributed by atoms with E-state index in [0.29, 0.717) is 18.6 Å². The van der Waals surface area contributed by atoms with Gasteiger partial charge in [-0.1, -0.05) is 6.92 Å². The van der Waals surface area contributed by atoms with Crippen molar-refractivity contribution in [2.45, 2.75) is 25.6 Å². The molecule has 0 amide bonds. The van der Waals surface area contributed by atoms with Gasteiger partial charge in [0.1, 0.15) is 11.9 Å². The van der Waals surface area contributed by atoms with Crippen molar-refractivity contribution < 1.29 is 27.1 Å². The van der Waals surface area contributed by atoms with Crippen LogP contribution in [0.5, 0.6) is 0 Å². The Labute approximate surface area is 107 Å². The summed E-state index contributed by atoms with van der Waals surface area (Å²) in [4.78, 5) is 11.3. The fourth-order valence-electron chi connectivity index (χ4n) is 1.50. The Hall–Kier alpha value is -1.79. The molecule has 1 rings (SSSR count). The molecule has 0 aliphatic heterocycles. The Bertz CT molecular complexity index is 460.